The summed E-state index contributed by atoms with van der Waals surface area (Å²) in [4.78, 5) is 11.3. The number of nitrogens with one attached hydrogen (secondary N) is 1. The molecule has 0 saturated heterocycles. The number of anilines is 1. The highest BCUT2D eigenvalue weighted by atomic mass is 32.2. The standard InChI is InChI=1S/C15H15N3OS2/c1-3-16-15-17-13-12(8-9-20-13)14(18-15)21-11-6-4-10(19-2)5-7-11/h4-9H,3H2,1-2H3,(H,16,17,18). The van der Waals surface area contributed by atoms with Crippen molar-refractivity contribution in [2.24, 2.45) is 0 Å². The Kier molecular flexibility index (Phi) is 4.26. The number of hydrogen-bond donors (Lipinski definition) is 1. The number of thiophene rings is 1. The Hall–Kier alpha value is -1.79. The Morgan fingerprint density at radius 1 is 1.19 bits per heavy atom. The van der Waals surface area contributed by atoms with E-state index in [0.717, 1.165) is 32.4 Å². The van der Waals surface area contributed by atoms with E-state index in [4.69, 9.17) is 4.74 Å². The van der Waals surface area contributed by atoms with Crippen LogP contribution >= 0.6 is 23.1 Å². The molecule has 0 bridgehead atoms. The van der Waals surface area contributed by atoms with E-state index in [0.29, 0.717) is 5.95 Å². The number of rotatable bonds is 5. The number of benzene rings is 1. The predicted molar refractivity (Wildman–Crippen MR) is 88.7 cm³/mol. The number of fused-ring (bicyclic) bond motifs is 1. The Morgan fingerprint density at radius 3 is 2.71 bits per heavy atom. The van der Waals surface area contributed by atoms with E-state index in [2.05, 4.69) is 21.4 Å². The lowest BCUT2D eigenvalue weighted by molar-refractivity contribution is 0.414. The van der Waals surface area contributed by atoms with Crippen molar-refractivity contribution in [3.8, 4) is 5.75 Å². The van der Waals surface area contributed by atoms with Gasteiger partial charge in [0.05, 0.1) is 7.11 Å². The van der Waals surface area contributed by atoms with Crippen LogP contribution in [0.15, 0.2) is 45.6 Å². The second-order valence-corrected chi connectivity index (χ2v) is 6.26. The summed E-state index contributed by atoms with van der Waals surface area (Å²) in [6, 6.07) is 10.1. The SMILES string of the molecule is CCNc1nc(Sc2ccc(OC)cc2)c2ccsc2n1. The molecule has 4 nitrogen and oxygen atoms in total. The van der Waals surface area contributed by atoms with E-state index in [1.165, 1.54) is 0 Å². The summed E-state index contributed by atoms with van der Waals surface area (Å²) in [6.45, 7) is 2.85. The van der Waals surface area contributed by atoms with Crippen LogP contribution < -0.4 is 10.1 Å². The normalized spacial score (nSPS) is 10.8. The van der Waals surface area contributed by atoms with Gasteiger partial charge in [-0.05, 0) is 42.6 Å². The molecule has 1 aromatic carbocycles. The minimum Gasteiger partial charge on any atom is -0.497 e. The molecule has 0 aliphatic rings. The fourth-order valence-corrected chi connectivity index (χ4v) is 3.63. The van der Waals surface area contributed by atoms with Gasteiger partial charge in [-0.3, -0.25) is 0 Å². The quantitative estimate of drug-likeness (QED) is 0.712. The van der Waals surface area contributed by atoms with Gasteiger partial charge in [0, 0.05) is 16.8 Å². The fourth-order valence-electron chi connectivity index (χ4n) is 1.90. The van der Waals surface area contributed by atoms with Crippen molar-refractivity contribution < 1.29 is 4.74 Å². The van der Waals surface area contributed by atoms with Gasteiger partial charge in [0.25, 0.3) is 0 Å². The molecule has 2 heterocycles. The van der Waals surface area contributed by atoms with Crippen LogP contribution in [0.1, 0.15) is 6.92 Å². The number of aromatic nitrogens is 2. The predicted octanol–water partition coefficient (Wildman–Crippen LogP) is 4.28. The first-order valence-corrected chi connectivity index (χ1v) is 8.31. The maximum absolute atomic E-state index is 5.19. The van der Waals surface area contributed by atoms with Gasteiger partial charge in [0.15, 0.2) is 0 Å². The molecular weight excluding hydrogens is 302 g/mol. The first kappa shape index (κ1) is 14.2. The molecule has 2 aromatic heterocycles. The average molecular weight is 317 g/mol. The van der Waals surface area contributed by atoms with E-state index < -0.39 is 0 Å². The monoisotopic (exact) mass is 317 g/mol. The van der Waals surface area contributed by atoms with Gasteiger partial charge in [-0.25, -0.2) is 9.97 Å². The van der Waals surface area contributed by atoms with Crippen LogP contribution in [0.2, 0.25) is 0 Å². The van der Waals surface area contributed by atoms with E-state index >= 15 is 0 Å². The zero-order valence-corrected chi connectivity index (χ0v) is 13.4. The van der Waals surface area contributed by atoms with Crippen molar-refractivity contribution in [2.75, 3.05) is 19.0 Å². The largest absolute Gasteiger partial charge is 0.497 e. The molecule has 0 aliphatic heterocycles. The van der Waals surface area contributed by atoms with E-state index in [9.17, 15) is 0 Å². The van der Waals surface area contributed by atoms with Crippen molar-refractivity contribution in [1.29, 1.82) is 0 Å². The highest BCUT2D eigenvalue weighted by Crippen LogP contribution is 2.34. The molecular formula is C15H15N3OS2. The molecule has 108 valence electrons. The van der Waals surface area contributed by atoms with Crippen LogP contribution in [0.5, 0.6) is 5.75 Å². The molecule has 0 fully saturated rings. The molecule has 0 saturated carbocycles. The zero-order chi connectivity index (χ0) is 14.7. The van der Waals surface area contributed by atoms with Crippen LogP contribution in [0.3, 0.4) is 0 Å². The minimum absolute atomic E-state index is 0.684. The number of nitrogens with zero attached hydrogens (tertiary/aromatic N) is 2. The summed E-state index contributed by atoms with van der Waals surface area (Å²) in [7, 11) is 1.67. The maximum atomic E-state index is 5.19. The topological polar surface area (TPSA) is 47.0 Å². The Labute approximate surface area is 131 Å². The molecule has 0 atom stereocenters. The summed E-state index contributed by atoms with van der Waals surface area (Å²) in [5, 5.41) is 7.31. The highest BCUT2D eigenvalue weighted by molar-refractivity contribution is 7.99. The van der Waals surface area contributed by atoms with Crippen LogP contribution in [0.25, 0.3) is 10.2 Å². The van der Waals surface area contributed by atoms with Crippen LogP contribution in [-0.4, -0.2) is 23.6 Å². The van der Waals surface area contributed by atoms with Gasteiger partial charge in [0.1, 0.15) is 15.6 Å². The summed E-state index contributed by atoms with van der Waals surface area (Å²) < 4.78 is 5.19. The molecule has 6 heteroatoms. The lowest BCUT2D eigenvalue weighted by atomic mass is 10.3. The molecule has 0 unspecified atom stereocenters. The third-order valence-corrected chi connectivity index (χ3v) is 4.72. The van der Waals surface area contributed by atoms with Crippen molar-refractivity contribution >= 4 is 39.3 Å². The highest BCUT2D eigenvalue weighted by Gasteiger charge is 2.10. The number of hydrogen-bond acceptors (Lipinski definition) is 6. The van der Waals surface area contributed by atoms with Gasteiger partial charge in [0.2, 0.25) is 5.95 Å². The van der Waals surface area contributed by atoms with Crippen molar-refractivity contribution in [3.05, 3.63) is 35.7 Å². The Morgan fingerprint density at radius 2 is 2.00 bits per heavy atom. The van der Waals surface area contributed by atoms with Gasteiger partial charge in [-0.15, -0.1) is 11.3 Å². The van der Waals surface area contributed by atoms with E-state index in [1.807, 2.05) is 36.6 Å². The minimum atomic E-state index is 0.684. The molecule has 0 amide bonds. The molecule has 0 aliphatic carbocycles. The van der Waals surface area contributed by atoms with Gasteiger partial charge in [-0.2, -0.15) is 0 Å². The van der Waals surface area contributed by atoms with Gasteiger partial charge >= 0.3 is 0 Å². The second kappa shape index (κ2) is 6.32. The molecule has 21 heavy (non-hydrogen) atoms. The number of methoxy groups -OCH3 is 1. The smallest absolute Gasteiger partial charge is 0.225 e. The fraction of sp³-hybridized carbons (Fsp3) is 0.200. The Bertz CT molecular complexity index is 740. The van der Waals surface area contributed by atoms with Gasteiger partial charge < -0.3 is 10.1 Å². The van der Waals surface area contributed by atoms with Crippen molar-refractivity contribution in [2.45, 2.75) is 16.8 Å². The second-order valence-electron chi connectivity index (χ2n) is 4.30. The number of ether oxygens (including phenoxy) is 1. The zero-order valence-electron chi connectivity index (χ0n) is 11.8. The lowest BCUT2D eigenvalue weighted by Gasteiger charge is -2.07. The summed E-state index contributed by atoms with van der Waals surface area (Å²) in [6.07, 6.45) is 0. The molecule has 0 spiro atoms. The summed E-state index contributed by atoms with van der Waals surface area (Å²) in [5.41, 5.74) is 0. The Balaban J connectivity index is 1.95. The summed E-state index contributed by atoms with van der Waals surface area (Å²) >= 11 is 3.27. The molecule has 0 radical (unpaired) electrons. The molecule has 3 rings (SSSR count). The maximum Gasteiger partial charge on any atom is 0.225 e. The van der Waals surface area contributed by atoms with Crippen LogP contribution in [0.4, 0.5) is 5.95 Å². The lowest BCUT2D eigenvalue weighted by Crippen LogP contribution is -2.02. The molecule has 3 aromatic rings. The first-order chi connectivity index (χ1) is 10.3. The molecule has 1 N–H and O–H groups in total. The average Bonchev–Trinajstić information content (AvgIpc) is 2.97. The summed E-state index contributed by atoms with van der Waals surface area (Å²) in [5.74, 6) is 1.54. The van der Waals surface area contributed by atoms with Crippen molar-refractivity contribution in [1.82, 2.24) is 9.97 Å². The van der Waals surface area contributed by atoms with Crippen molar-refractivity contribution in [3.63, 3.8) is 0 Å². The van der Waals surface area contributed by atoms with Gasteiger partial charge in [-0.1, -0.05) is 11.8 Å². The van der Waals surface area contributed by atoms with E-state index in [-0.39, 0.29) is 0 Å². The van der Waals surface area contributed by atoms with Crippen LogP contribution in [0, 0.1) is 0 Å². The third-order valence-electron chi connectivity index (χ3n) is 2.90. The first-order valence-electron chi connectivity index (χ1n) is 6.61. The van der Waals surface area contributed by atoms with E-state index in [1.54, 1.807) is 30.2 Å². The van der Waals surface area contributed by atoms with Crippen LogP contribution in [-0.2, 0) is 0 Å². The third kappa shape index (κ3) is 3.11.